The van der Waals surface area contributed by atoms with Gasteiger partial charge < -0.3 is 74.1 Å². The molecule has 78 heavy (non-hydrogen) atoms. The predicted octanol–water partition coefficient (Wildman–Crippen LogP) is 4.37. The van der Waals surface area contributed by atoms with Gasteiger partial charge in [-0.25, -0.2) is 19.3 Å². The SMILES string of the molecule is CCCCC/C=C\C/C=C\C/C=C\C/C=C\CCCCCCCCC[C@@H](O)CC(=O)SCCNC(=O)CCNC(=O)[C@H](O)C(C)(C)COP(=O)([O-])OP(=O)([O-])OC[C@H]1O[C@@H](n2cnc3c(N)ncnc32)[C@H](O)[C@@H]1OP(=O)([O-])[O-]. The Morgan fingerprint density at radius 3 is 2.05 bits per heavy atom. The summed E-state index contributed by atoms with van der Waals surface area (Å²) >= 11 is 0.983. The minimum atomic E-state index is -5.94. The molecule has 2 amide bonds. The highest BCUT2D eigenvalue weighted by molar-refractivity contribution is 8.13. The molecule has 25 nitrogen and oxygen atoms in total. The molecule has 442 valence electrons. The number of anilines is 1. The molecule has 3 rings (SSSR count). The van der Waals surface area contributed by atoms with Crippen molar-refractivity contribution in [3.63, 3.8) is 0 Å². The van der Waals surface area contributed by atoms with E-state index in [9.17, 15) is 63.0 Å². The lowest BCUT2D eigenvalue weighted by atomic mass is 9.87. The number of aromatic nitrogens is 4. The number of fused-ring (bicyclic) bond motifs is 1. The molecule has 2 aromatic rings. The number of phosphoric acid groups is 3. The van der Waals surface area contributed by atoms with Crippen LogP contribution in [0, 0.1) is 5.41 Å². The number of thioether (sulfide) groups is 1. The molecule has 2 unspecified atom stereocenters. The molecule has 0 spiro atoms. The summed E-state index contributed by atoms with van der Waals surface area (Å²) in [5.41, 5.74) is 4.06. The molecule has 1 saturated heterocycles. The number of nitrogens with one attached hydrogen (secondary N) is 2. The number of aliphatic hydroxyl groups excluding tert-OH is 3. The van der Waals surface area contributed by atoms with Gasteiger partial charge in [-0.3, -0.25) is 28.1 Å². The van der Waals surface area contributed by atoms with Crippen LogP contribution in [0.3, 0.4) is 0 Å². The standard InChI is InChI=1S/C49H82N7O18P3S/c1-4-5-6-7-8-9-10-11-12-13-14-15-16-17-18-19-20-21-22-23-24-25-26-27-37(57)32-40(59)78-31-30-51-39(58)28-29-52-47(62)44(61)49(2,3)34-71-77(68,69)74-76(66,67)70-33-38-43(73-75(63,64)65)42(60)48(72-38)56-36-55-41-45(50)53-35-54-46(41)56/h8-9,11-12,14-15,17-18,35-38,42-44,48,57,60-61H,4-7,10,13,16,19-34H2,1-3H3,(H,51,58)(H,52,62)(H,66,67)(H,68,69)(H2,50,53,54)(H2,63,64,65)/p-4/b9-8-,12-11-,15-14-,18-17-/t37-,38-,42-,43-,44+,48-/m1/s1. The number of hydrogen-bond acceptors (Lipinski definition) is 23. The molecule has 1 aliphatic heterocycles. The number of hydrogen-bond donors (Lipinski definition) is 6. The largest absolute Gasteiger partial charge is 0.790 e. The van der Waals surface area contributed by atoms with Gasteiger partial charge in [0.1, 0.15) is 36.3 Å². The summed E-state index contributed by atoms with van der Waals surface area (Å²) in [4.78, 5) is 97.2. The van der Waals surface area contributed by atoms with E-state index in [1.165, 1.54) is 58.8 Å². The highest BCUT2D eigenvalue weighted by Gasteiger charge is 2.47. The Kier molecular flexibility index (Phi) is 31.8. The fourth-order valence-electron chi connectivity index (χ4n) is 7.71. The maximum Gasteiger partial charge on any atom is 0.274 e. The van der Waals surface area contributed by atoms with Gasteiger partial charge in [0.2, 0.25) is 11.8 Å². The van der Waals surface area contributed by atoms with Crippen LogP contribution in [0.2, 0.25) is 0 Å². The van der Waals surface area contributed by atoms with Gasteiger partial charge in [-0.15, -0.1) is 0 Å². The van der Waals surface area contributed by atoms with E-state index in [1.54, 1.807) is 0 Å². The molecule has 2 aromatic heterocycles. The van der Waals surface area contributed by atoms with E-state index in [1.807, 2.05) is 0 Å². The molecule has 3 heterocycles. The van der Waals surface area contributed by atoms with Crippen molar-refractivity contribution in [1.29, 1.82) is 0 Å². The van der Waals surface area contributed by atoms with Gasteiger partial charge in [-0.2, -0.15) is 0 Å². The quantitative estimate of drug-likeness (QED) is 0.0306. The van der Waals surface area contributed by atoms with E-state index in [4.69, 9.17) is 10.5 Å². The van der Waals surface area contributed by atoms with Crippen LogP contribution >= 0.6 is 35.2 Å². The molecule has 8 atom stereocenters. The molecule has 0 aliphatic carbocycles. The average Bonchev–Trinajstić information content (AvgIpc) is 4.01. The molecule has 0 saturated carbocycles. The maximum absolute atomic E-state index is 12.7. The number of unbranched alkanes of at least 4 members (excludes halogenated alkanes) is 10. The smallest absolute Gasteiger partial charge is 0.274 e. The Morgan fingerprint density at radius 1 is 0.833 bits per heavy atom. The van der Waals surface area contributed by atoms with E-state index >= 15 is 0 Å². The second kappa shape index (κ2) is 36.0. The molecular weight excluding hydrogens is 1100 g/mol. The van der Waals surface area contributed by atoms with E-state index in [2.05, 4.69) is 99.0 Å². The highest BCUT2D eigenvalue weighted by Crippen LogP contribution is 2.56. The summed E-state index contributed by atoms with van der Waals surface area (Å²) in [6, 6.07) is 0. The molecule has 0 aromatic carbocycles. The van der Waals surface area contributed by atoms with Crippen molar-refractivity contribution < 1.29 is 85.6 Å². The number of phosphoric ester groups is 3. The lowest BCUT2D eigenvalue weighted by Gasteiger charge is -2.36. The first kappa shape index (κ1) is 68.8. The zero-order valence-electron chi connectivity index (χ0n) is 44.6. The van der Waals surface area contributed by atoms with Crippen LogP contribution < -0.4 is 35.9 Å². The Labute approximate surface area is 460 Å². The number of rotatable bonds is 41. The van der Waals surface area contributed by atoms with Crippen LogP contribution in [-0.4, -0.2) is 114 Å². The number of nitrogens with two attached hydrogens (primary N) is 1. The summed E-state index contributed by atoms with van der Waals surface area (Å²) < 4.78 is 60.9. The fourth-order valence-corrected chi connectivity index (χ4v) is 11.2. The lowest BCUT2D eigenvalue weighted by molar-refractivity contribution is -0.347. The summed E-state index contributed by atoms with van der Waals surface area (Å²) in [5.74, 6) is -1.34. The Bertz CT molecular complexity index is 2410. The van der Waals surface area contributed by atoms with E-state index in [-0.39, 0.29) is 53.8 Å². The number of amides is 2. The fraction of sp³-hybridized carbons (Fsp3) is 0.673. The highest BCUT2D eigenvalue weighted by atomic mass is 32.2. The first-order valence-electron chi connectivity index (χ1n) is 26.2. The number of imidazole rings is 1. The third kappa shape index (κ3) is 27.8. The monoisotopic (exact) mass is 1180 g/mol. The van der Waals surface area contributed by atoms with Gasteiger partial charge in [0, 0.05) is 37.1 Å². The van der Waals surface area contributed by atoms with E-state index in [0.717, 1.165) is 80.4 Å². The van der Waals surface area contributed by atoms with Crippen LogP contribution in [0.15, 0.2) is 61.3 Å². The van der Waals surface area contributed by atoms with Crippen molar-refractivity contribution in [2.75, 3.05) is 37.8 Å². The average molecular weight is 1180 g/mol. The zero-order valence-corrected chi connectivity index (χ0v) is 48.1. The molecule has 1 aliphatic rings. The third-order valence-corrected chi connectivity index (χ3v) is 15.9. The van der Waals surface area contributed by atoms with Gasteiger partial charge in [0.05, 0.1) is 33.5 Å². The second-order valence-electron chi connectivity index (χ2n) is 19.2. The molecule has 7 N–H and O–H groups in total. The molecule has 29 heteroatoms. The lowest BCUT2D eigenvalue weighted by Crippen LogP contribution is -2.46. The number of nitrogens with zero attached hydrogens (tertiary/aromatic N) is 4. The van der Waals surface area contributed by atoms with E-state index < -0.39 is 90.7 Å². The summed E-state index contributed by atoms with van der Waals surface area (Å²) in [7, 11) is -17.7. The number of allylic oxidation sites excluding steroid dienone is 8. The van der Waals surface area contributed by atoms with Crippen molar-refractivity contribution in [2.45, 2.75) is 173 Å². The second-order valence-corrected chi connectivity index (χ2v) is 24.4. The van der Waals surface area contributed by atoms with Gasteiger partial charge in [0.15, 0.2) is 22.8 Å². The van der Waals surface area contributed by atoms with Crippen LogP contribution in [0.25, 0.3) is 11.2 Å². The summed E-state index contributed by atoms with van der Waals surface area (Å²) in [6.07, 6.45) is 26.5. The minimum Gasteiger partial charge on any atom is -0.790 e. The van der Waals surface area contributed by atoms with Crippen molar-refractivity contribution in [1.82, 2.24) is 30.2 Å². The number of ether oxygens (including phenoxy) is 1. The van der Waals surface area contributed by atoms with Gasteiger partial charge >= 0.3 is 0 Å². The Hall–Kier alpha value is -3.52. The normalized spacial score (nSPS) is 19.8. The zero-order chi connectivity index (χ0) is 57.6. The van der Waals surface area contributed by atoms with Crippen molar-refractivity contribution in [3.8, 4) is 0 Å². The number of nitrogen functional groups attached to an aromatic ring is 1. The number of carbonyl (C=O) groups excluding carboxylic acids is 3. The molecule has 1 fully saturated rings. The minimum absolute atomic E-state index is 0.00245. The van der Waals surface area contributed by atoms with E-state index in [0.29, 0.717) is 6.42 Å². The predicted molar refractivity (Wildman–Crippen MR) is 285 cm³/mol. The van der Waals surface area contributed by atoms with Crippen molar-refractivity contribution in [3.05, 3.63) is 61.3 Å². The number of carbonyl (C=O) groups is 3. The van der Waals surface area contributed by atoms with Gasteiger partial charge in [-0.1, -0.05) is 133 Å². The topological polar surface area (TPSA) is 395 Å². The third-order valence-electron chi connectivity index (χ3n) is 12.0. The Balaban J connectivity index is 1.22. The molecule has 0 bridgehead atoms. The summed E-state index contributed by atoms with van der Waals surface area (Å²) in [5, 5.41) is 36.6. The van der Waals surface area contributed by atoms with Gasteiger partial charge in [0.25, 0.3) is 15.6 Å². The van der Waals surface area contributed by atoms with Gasteiger partial charge in [-0.05, 0) is 51.4 Å². The van der Waals surface area contributed by atoms with Crippen LogP contribution in [0.1, 0.15) is 143 Å². The summed E-state index contributed by atoms with van der Waals surface area (Å²) in [6.45, 7) is 2.20. The maximum atomic E-state index is 12.7. The Morgan fingerprint density at radius 2 is 1.42 bits per heavy atom. The number of aliphatic hydroxyl groups is 3. The molecule has 0 radical (unpaired) electrons. The van der Waals surface area contributed by atoms with Crippen molar-refractivity contribution in [2.24, 2.45) is 5.41 Å². The molecular formula is C49H78N7O18P3S-4. The van der Waals surface area contributed by atoms with Crippen LogP contribution in [-0.2, 0) is 50.7 Å². The first-order chi connectivity index (χ1) is 36.9. The van der Waals surface area contributed by atoms with Crippen molar-refractivity contribution >= 4 is 69.1 Å². The first-order valence-corrected chi connectivity index (χ1v) is 31.6. The van der Waals surface area contributed by atoms with Crippen LogP contribution in [0.4, 0.5) is 5.82 Å². The van der Waals surface area contributed by atoms with Crippen LogP contribution in [0.5, 0.6) is 0 Å².